The molecule has 2 aromatic rings. The average Bonchev–Trinajstić information content (AvgIpc) is 3.42. The lowest BCUT2D eigenvalue weighted by Gasteiger charge is -2.74. The molecule has 4 nitrogen and oxygen atoms in total. The largest absolute Gasteiger partial charge is 0.508 e. The minimum Gasteiger partial charge on any atom is -0.508 e. The summed E-state index contributed by atoms with van der Waals surface area (Å²) in [6.07, 6.45) is 34.7. The molecule has 0 amide bonds. The van der Waals surface area contributed by atoms with E-state index in [9.17, 15) is 10.2 Å². The molecular formula is C54H73NO3. The Balaban J connectivity index is 0.868. The molecule has 2 bridgehead atoms. The molecule has 7 aliphatic carbocycles. The first-order chi connectivity index (χ1) is 28.1. The fraction of sp³-hybridized carbons (Fsp3) is 0.704. The number of aromatic hydroxyl groups is 1. The number of aliphatic hydroxyl groups excluding tert-OH is 1. The summed E-state index contributed by atoms with van der Waals surface area (Å²) in [6, 6.07) is 12.6. The fourth-order valence-corrected chi connectivity index (χ4v) is 18.5. The summed E-state index contributed by atoms with van der Waals surface area (Å²) in [5.41, 5.74) is 6.66. The molecule has 0 aromatic heterocycles. The van der Waals surface area contributed by atoms with E-state index in [1.807, 2.05) is 17.7 Å². The van der Waals surface area contributed by atoms with Crippen LogP contribution in [0.2, 0.25) is 0 Å². The van der Waals surface area contributed by atoms with E-state index in [0.29, 0.717) is 46.7 Å². The van der Waals surface area contributed by atoms with Gasteiger partial charge in [-0.25, -0.2) is 0 Å². The van der Waals surface area contributed by atoms with Gasteiger partial charge in [0.2, 0.25) is 0 Å². The minimum atomic E-state index is 0.0124. The summed E-state index contributed by atoms with van der Waals surface area (Å²) < 4.78 is 7.05. The van der Waals surface area contributed by atoms with Gasteiger partial charge >= 0.3 is 0 Å². The highest BCUT2D eigenvalue weighted by atomic mass is 16.5. The number of benzene rings is 2. The third-order valence-electron chi connectivity index (χ3n) is 20.7. The first-order valence-corrected chi connectivity index (χ1v) is 24.4. The van der Waals surface area contributed by atoms with E-state index >= 15 is 0 Å². The van der Waals surface area contributed by atoms with Crippen LogP contribution in [0.5, 0.6) is 5.75 Å². The molecule has 58 heavy (non-hydrogen) atoms. The van der Waals surface area contributed by atoms with E-state index < -0.39 is 0 Å². The smallest absolute Gasteiger partial charge is 0.116 e. The van der Waals surface area contributed by atoms with Gasteiger partial charge in [-0.1, -0.05) is 86.9 Å². The fourth-order valence-electron chi connectivity index (χ4n) is 18.5. The zero-order chi connectivity index (χ0) is 39.7. The summed E-state index contributed by atoms with van der Waals surface area (Å²) in [5, 5.41) is 22.1. The van der Waals surface area contributed by atoms with Crippen LogP contribution >= 0.6 is 0 Å². The van der Waals surface area contributed by atoms with Crippen LogP contribution in [-0.4, -0.2) is 52.1 Å². The molecule has 11 rings (SSSR count). The van der Waals surface area contributed by atoms with Crippen molar-refractivity contribution in [2.24, 2.45) is 51.2 Å². The summed E-state index contributed by atoms with van der Waals surface area (Å²) in [6.45, 7) is 13.0. The SMILES string of the molecule is CC[C@H](CCCCO[C@@H]1CC[C@@H]2CC[C@]3(C[C@@H](C)[C@]45CCC(C)=C4C[C@@]34[C@@]3(C=CC[C@@]45C)C=C[C@H]4[C@@H](CCCO)CC[C@]45CN53)[C@H]2C1)c1ccc2cc(O)ccc2c1. The molecule has 0 radical (unpaired) electrons. The third kappa shape index (κ3) is 4.81. The number of hydrogen-bond acceptors (Lipinski definition) is 4. The van der Waals surface area contributed by atoms with Gasteiger partial charge in [0.25, 0.3) is 0 Å². The van der Waals surface area contributed by atoms with Crippen LogP contribution in [-0.2, 0) is 4.74 Å². The molecule has 6 fully saturated rings. The molecule has 4 heteroatoms. The third-order valence-corrected chi connectivity index (χ3v) is 20.7. The van der Waals surface area contributed by atoms with Crippen molar-refractivity contribution in [1.82, 2.24) is 4.90 Å². The van der Waals surface area contributed by atoms with Crippen LogP contribution in [0.1, 0.15) is 155 Å². The van der Waals surface area contributed by atoms with Gasteiger partial charge < -0.3 is 14.9 Å². The molecule has 2 aliphatic heterocycles. The van der Waals surface area contributed by atoms with Crippen molar-refractivity contribution in [3.05, 3.63) is 77.4 Å². The number of allylic oxidation sites excluding steroid dienone is 3. The van der Waals surface area contributed by atoms with Crippen molar-refractivity contribution in [2.75, 3.05) is 19.8 Å². The molecule has 14 atom stereocenters. The predicted octanol–water partition coefficient (Wildman–Crippen LogP) is 12.4. The van der Waals surface area contributed by atoms with Crippen LogP contribution in [0.4, 0.5) is 0 Å². The highest BCUT2D eigenvalue weighted by Crippen LogP contribution is 2.90. The van der Waals surface area contributed by atoms with Gasteiger partial charge in [-0.05, 0) is 191 Å². The van der Waals surface area contributed by atoms with Gasteiger partial charge in [-0.2, -0.15) is 0 Å². The Labute approximate surface area is 350 Å². The van der Waals surface area contributed by atoms with Crippen molar-refractivity contribution in [3.8, 4) is 5.75 Å². The Bertz CT molecular complexity index is 2050. The normalized spacial score (nSPS) is 45.8. The molecule has 2 heterocycles. The zero-order valence-electron chi connectivity index (χ0n) is 36.4. The minimum absolute atomic E-state index is 0.0124. The molecule has 2 aromatic carbocycles. The van der Waals surface area contributed by atoms with Gasteiger partial charge in [-0.15, -0.1) is 0 Å². The highest BCUT2D eigenvalue weighted by molar-refractivity contribution is 5.84. The molecule has 9 aliphatic rings. The van der Waals surface area contributed by atoms with Crippen LogP contribution in [0.3, 0.4) is 0 Å². The average molecular weight is 784 g/mol. The Morgan fingerprint density at radius 2 is 1.83 bits per heavy atom. The van der Waals surface area contributed by atoms with E-state index in [4.69, 9.17) is 4.74 Å². The maximum absolute atomic E-state index is 9.95. The summed E-state index contributed by atoms with van der Waals surface area (Å²) >= 11 is 0. The van der Waals surface area contributed by atoms with Crippen molar-refractivity contribution in [2.45, 2.75) is 166 Å². The number of nitrogens with zero attached hydrogens (tertiary/aromatic N) is 1. The maximum Gasteiger partial charge on any atom is 0.116 e. The Morgan fingerprint density at radius 3 is 2.69 bits per heavy atom. The van der Waals surface area contributed by atoms with Gasteiger partial charge in [0, 0.05) is 36.1 Å². The second-order valence-corrected chi connectivity index (χ2v) is 22.2. The predicted molar refractivity (Wildman–Crippen MR) is 236 cm³/mol. The van der Waals surface area contributed by atoms with Crippen molar-refractivity contribution in [3.63, 3.8) is 0 Å². The topological polar surface area (TPSA) is 52.7 Å². The van der Waals surface area contributed by atoms with E-state index in [0.717, 1.165) is 54.9 Å². The molecule has 1 saturated heterocycles. The van der Waals surface area contributed by atoms with Crippen molar-refractivity contribution < 1.29 is 14.9 Å². The second-order valence-electron chi connectivity index (χ2n) is 22.2. The lowest BCUT2D eigenvalue weighted by molar-refractivity contribution is -0.237. The number of phenolic OH excluding ortho intramolecular Hbond substituents is 1. The lowest BCUT2D eigenvalue weighted by Crippen LogP contribution is -2.73. The van der Waals surface area contributed by atoms with E-state index in [2.05, 4.69) is 81.2 Å². The first-order valence-electron chi connectivity index (χ1n) is 24.4. The summed E-state index contributed by atoms with van der Waals surface area (Å²) in [4.78, 5) is 3.15. The number of fused-ring (bicyclic) bond motifs is 4. The number of phenols is 1. The monoisotopic (exact) mass is 784 g/mol. The maximum atomic E-state index is 9.95. The lowest BCUT2D eigenvalue weighted by atomic mass is 9.31. The van der Waals surface area contributed by atoms with Gasteiger partial charge in [-0.3, -0.25) is 4.90 Å². The molecule has 1 unspecified atom stereocenters. The van der Waals surface area contributed by atoms with E-state index in [-0.39, 0.29) is 16.4 Å². The van der Waals surface area contributed by atoms with E-state index in [1.165, 1.54) is 114 Å². The molecule has 5 saturated carbocycles. The van der Waals surface area contributed by atoms with Crippen molar-refractivity contribution >= 4 is 10.8 Å². The first kappa shape index (κ1) is 38.5. The van der Waals surface area contributed by atoms with Crippen LogP contribution < -0.4 is 0 Å². The summed E-state index contributed by atoms with van der Waals surface area (Å²) in [7, 11) is 0. The second kappa shape index (κ2) is 13.5. The Hall–Kier alpha value is -2.40. The van der Waals surface area contributed by atoms with E-state index in [1.54, 1.807) is 5.57 Å². The van der Waals surface area contributed by atoms with Crippen LogP contribution in [0.25, 0.3) is 10.8 Å². The van der Waals surface area contributed by atoms with Crippen LogP contribution in [0.15, 0.2) is 71.8 Å². The van der Waals surface area contributed by atoms with Crippen molar-refractivity contribution in [1.29, 1.82) is 0 Å². The molecule has 2 N–H and O–H groups in total. The zero-order valence-corrected chi connectivity index (χ0v) is 36.4. The number of ether oxygens (including phenoxy) is 1. The Morgan fingerprint density at radius 1 is 0.966 bits per heavy atom. The van der Waals surface area contributed by atoms with Gasteiger partial charge in [0.1, 0.15) is 5.75 Å². The molecular weight excluding hydrogens is 711 g/mol. The number of rotatable bonds is 11. The van der Waals surface area contributed by atoms with Crippen LogP contribution in [0, 0.1) is 51.2 Å². The standard InChI is InChI=1S/C54H73NO3/c1-5-38(41-12-13-43-31-44(57)16-14-42(43)30-41)10-6-7-29-58-45-17-15-40-19-24-50(47(40)32-45)33-37(3)53-27-18-36(2)48(53)34-54(50)49(53,4)22-9-23-52(54)26-21-46-39(11-8-28-56)20-25-51(46)35-55(51)52/h9,12-14,16,21,23,26,30-31,37-40,45-47,56-57H,5-8,10-11,15,17-20,22,24-25,27-29,32-35H2,1-4H3/t37-,38-,39+,40-,45-,46+,47+,49-,50+,51+,52-,53-,54+,55?/m1/s1. The van der Waals surface area contributed by atoms with Gasteiger partial charge in [0.05, 0.1) is 11.6 Å². The highest BCUT2D eigenvalue weighted by Gasteiger charge is 2.87. The molecule has 312 valence electrons. The molecule has 4 spiro atoms. The summed E-state index contributed by atoms with van der Waals surface area (Å²) in [5.74, 6) is 4.66. The number of aliphatic hydroxyl groups is 1. The number of unbranched alkanes of at least 4 members (excludes halogenated alkanes) is 1. The quantitative estimate of drug-likeness (QED) is 0.135. The number of hydrogen-bond donors (Lipinski definition) is 2. The van der Waals surface area contributed by atoms with Gasteiger partial charge in [0.15, 0.2) is 0 Å². The Kier molecular flexibility index (Phi) is 9.00.